The Labute approximate surface area is 151 Å². The first-order valence-electron chi connectivity index (χ1n) is 9.21. The van der Waals surface area contributed by atoms with E-state index in [1.807, 2.05) is 0 Å². The molecule has 25 heavy (non-hydrogen) atoms. The molecular weight excluding hydrogens is 312 g/mol. The van der Waals surface area contributed by atoms with Gasteiger partial charge in [0, 0.05) is 19.7 Å². The number of benzene rings is 1. The van der Waals surface area contributed by atoms with Gasteiger partial charge in [-0.15, -0.1) is 0 Å². The van der Waals surface area contributed by atoms with Crippen molar-refractivity contribution in [3.8, 4) is 0 Å². The molecule has 0 saturated carbocycles. The van der Waals surface area contributed by atoms with Crippen molar-refractivity contribution in [1.82, 2.24) is 9.80 Å². The minimum absolute atomic E-state index is 0.150. The largest absolute Gasteiger partial charge is 0.462 e. The van der Waals surface area contributed by atoms with Crippen LogP contribution in [0, 0.1) is 0 Å². The standard InChI is InChI=1S/C21H30N2O2/c1-22(2)14-17-7-9-18(10-8-17)15-23(3)16-19-11-12-21(25-19)20-6-4-5-13-24-20/h7-12,20H,4-6,13-16H2,1-3H3/t20-/m1/s1. The molecule has 0 N–H and O–H groups in total. The third-order valence-corrected chi connectivity index (χ3v) is 4.58. The lowest BCUT2D eigenvalue weighted by Crippen LogP contribution is -2.17. The number of rotatable bonds is 7. The molecule has 1 fully saturated rings. The van der Waals surface area contributed by atoms with Gasteiger partial charge in [0.2, 0.25) is 0 Å². The van der Waals surface area contributed by atoms with Gasteiger partial charge in [0.1, 0.15) is 17.6 Å². The number of hydrogen-bond donors (Lipinski definition) is 0. The van der Waals surface area contributed by atoms with Crippen molar-refractivity contribution in [2.45, 2.75) is 45.0 Å². The molecule has 1 atom stereocenters. The molecule has 3 rings (SSSR count). The molecule has 0 spiro atoms. The number of hydrogen-bond acceptors (Lipinski definition) is 4. The quantitative estimate of drug-likeness (QED) is 0.753. The second-order valence-electron chi connectivity index (χ2n) is 7.39. The van der Waals surface area contributed by atoms with Crippen molar-refractivity contribution >= 4 is 0 Å². The van der Waals surface area contributed by atoms with Gasteiger partial charge in [0.25, 0.3) is 0 Å². The summed E-state index contributed by atoms with van der Waals surface area (Å²) < 4.78 is 11.8. The van der Waals surface area contributed by atoms with Crippen molar-refractivity contribution in [1.29, 1.82) is 0 Å². The van der Waals surface area contributed by atoms with Gasteiger partial charge >= 0.3 is 0 Å². The molecule has 2 aromatic rings. The van der Waals surface area contributed by atoms with Gasteiger partial charge in [-0.05, 0) is 63.7 Å². The molecule has 0 unspecified atom stereocenters. The third kappa shape index (κ3) is 5.43. The Kier molecular flexibility index (Phi) is 6.29. The lowest BCUT2D eigenvalue weighted by atomic mass is 10.1. The molecule has 1 aromatic heterocycles. The zero-order chi connectivity index (χ0) is 17.6. The monoisotopic (exact) mass is 342 g/mol. The van der Waals surface area contributed by atoms with Crippen molar-refractivity contribution < 1.29 is 9.15 Å². The van der Waals surface area contributed by atoms with Crippen molar-refractivity contribution in [3.63, 3.8) is 0 Å². The summed E-state index contributed by atoms with van der Waals surface area (Å²) in [5, 5.41) is 0. The van der Waals surface area contributed by atoms with Crippen LogP contribution in [0.3, 0.4) is 0 Å². The molecule has 136 valence electrons. The summed E-state index contributed by atoms with van der Waals surface area (Å²) in [5.41, 5.74) is 2.67. The number of furan rings is 1. The van der Waals surface area contributed by atoms with Crippen molar-refractivity contribution in [2.24, 2.45) is 0 Å². The van der Waals surface area contributed by atoms with E-state index in [4.69, 9.17) is 9.15 Å². The fourth-order valence-electron chi connectivity index (χ4n) is 3.37. The minimum atomic E-state index is 0.150. The highest BCUT2D eigenvalue weighted by molar-refractivity contribution is 5.22. The first kappa shape index (κ1) is 18.2. The number of ether oxygens (including phenoxy) is 1. The summed E-state index contributed by atoms with van der Waals surface area (Å²) in [7, 11) is 6.32. The zero-order valence-corrected chi connectivity index (χ0v) is 15.7. The lowest BCUT2D eigenvalue weighted by Gasteiger charge is -2.20. The van der Waals surface area contributed by atoms with E-state index in [1.165, 1.54) is 24.0 Å². The lowest BCUT2D eigenvalue weighted by molar-refractivity contribution is 0.000907. The highest BCUT2D eigenvalue weighted by Gasteiger charge is 2.19. The molecule has 0 aliphatic carbocycles. The average molecular weight is 342 g/mol. The Balaban J connectivity index is 1.52. The van der Waals surface area contributed by atoms with E-state index >= 15 is 0 Å². The summed E-state index contributed by atoms with van der Waals surface area (Å²) in [6.07, 6.45) is 3.61. The van der Waals surface area contributed by atoms with Gasteiger partial charge in [0.05, 0.1) is 6.54 Å². The Morgan fingerprint density at radius 2 is 1.60 bits per heavy atom. The summed E-state index contributed by atoms with van der Waals surface area (Å²) in [6.45, 7) is 3.56. The Morgan fingerprint density at radius 1 is 0.880 bits per heavy atom. The summed E-state index contributed by atoms with van der Waals surface area (Å²) in [5.74, 6) is 1.99. The van der Waals surface area contributed by atoms with E-state index in [1.54, 1.807) is 0 Å². The van der Waals surface area contributed by atoms with E-state index in [0.717, 1.165) is 44.2 Å². The van der Waals surface area contributed by atoms with Gasteiger partial charge in [-0.3, -0.25) is 4.90 Å². The molecular formula is C21H30N2O2. The van der Waals surface area contributed by atoms with Crippen molar-refractivity contribution in [3.05, 3.63) is 59.0 Å². The van der Waals surface area contributed by atoms with Crippen molar-refractivity contribution in [2.75, 3.05) is 27.7 Å². The Hall–Kier alpha value is -1.62. The molecule has 1 aliphatic rings. The minimum Gasteiger partial charge on any atom is -0.462 e. The second-order valence-corrected chi connectivity index (χ2v) is 7.39. The predicted molar refractivity (Wildman–Crippen MR) is 100 cm³/mol. The SMILES string of the molecule is CN(C)Cc1ccc(CN(C)Cc2ccc([C@H]3CCCCO3)o2)cc1. The fourth-order valence-corrected chi connectivity index (χ4v) is 3.37. The van der Waals surface area contributed by atoms with E-state index in [-0.39, 0.29) is 6.10 Å². The van der Waals surface area contributed by atoms with E-state index in [9.17, 15) is 0 Å². The fraction of sp³-hybridized carbons (Fsp3) is 0.524. The van der Waals surface area contributed by atoms with E-state index in [2.05, 4.69) is 67.3 Å². The molecule has 2 heterocycles. The van der Waals surface area contributed by atoms with Crippen LogP contribution in [0.1, 0.15) is 48.0 Å². The highest BCUT2D eigenvalue weighted by atomic mass is 16.5. The molecule has 1 aliphatic heterocycles. The molecule has 4 nitrogen and oxygen atoms in total. The molecule has 0 radical (unpaired) electrons. The zero-order valence-electron chi connectivity index (χ0n) is 15.7. The molecule has 4 heteroatoms. The van der Waals surface area contributed by atoms with Gasteiger partial charge in [-0.25, -0.2) is 0 Å². The van der Waals surface area contributed by atoms with Crippen LogP contribution in [0.25, 0.3) is 0 Å². The summed E-state index contributed by atoms with van der Waals surface area (Å²) in [6, 6.07) is 13.0. The molecule has 1 saturated heterocycles. The summed E-state index contributed by atoms with van der Waals surface area (Å²) >= 11 is 0. The average Bonchev–Trinajstić information content (AvgIpc) is 3.05. The van der Waals surface area contributed by atoms with Crippen LogP contribution in [0.15, 0.2) is 40.8 Å². The summed E-state index contributed by atoms with van der Waals surface area (Å²) in [4.78, 5) is 4.47. The smallest absolute Gasteiger partial charge is 0.133 e. The van der Waals surface area contributed by atoms with Gasteiger partial charge in [-0.2, -0.15) is 0 Å². The van der Waals surface area contributed by atoms with Crippen LogP contribution in [0.4, 0.5) is 0 Å². The third-order valence-electron chi connectivity index (χ3n) is 4.58. The Bertz CT molecular complexity index is 642. The normalized spacial score (nSPS) is 18.2. The van der Waals surface area contributed by atoms with Crippen LogP contribution in [-0.4, -0.2) is 37.5 Å². The second kappa shape index (κ2) is 8.65. The predicted octanol–water partition coefficient (Wildman–Crippen LogP) is 4.21. The van der Waals surface area contributed by atoms with Crippen LogP contribution >= 0.6 is 0 Å². The highest BCUT2D eigenvalue weighted by Crippen LogP contribution is 2.29. The molecule has 0 bridgehead atoms. The number of nitrogens with zero attached hydrogens (tertiary/aromatic N) is 2. The maximum atomic E-state index is 6.02. The molecule has 1 aromatic carbocycles. The first-order valence-corrected chi connectivity index (χ1v) is 9.21. The topological polar surface area (TPSA) is 28.9 Å². The maximum Gasteiger partial charge on any atom is 0.133 e. The van der Waals surface area contributed by atoms with Crippen LogP contribution in [-0.2, 0) is 24.4 Å². The first-order chi connectivity index (χ1) is 12.1. The van der Waals surface area contributed by atoms with Gasteiger partial charge in [0.15, 0.2) is 0 Å². The van der Waals surface area contributed by atoms with E-state index in [0.29, 0.717) is 0 Å². The Morgan fingerprint density at radius 3 is 2.24 bits per heavy atom. The van der Waals surface area contributed by atoms with Crippen LogP contribution in [0.2, 0.25) is 0 Å². The van der Waals surface area contributed by atoms with Gasteiger partial charge in [-0.1, -0.05) is 24.3 Å². The van der Waals surface area contributed by atoms with E-state index < -0.39 is 0 Å². The van der Waals surface area contributed by atoms with Gasteiger partial charge < -0.3 is 14.1 Å². The molecule has 0 amide bonds. The maximum absolute atomic E-state index is 6.02. The van der Waals surface area contributed by atoms with Crippen LogP contribution < -0.4 is 0 Å². The van der Waals surface area contributed by atoms with Crippen LogP contribution in [0.5, 0.6) is 0 Å².